The smallest absolute Gasteiger partial charge is 0.435 e. The molecule has 2 aliphatic rings. The molecule has 6 nitrogen and oxygen atoms in total. The molecule has 0 aliphatic carbocycles. The number of amides is 1. The molecule has 2 heterocycles. The van der Waals surface area contributed by atoms with Crippen molar-refractivity contribution >= 4 is 39.1 Å². The van der Waals surface area contributed by atoms with Gasteiger partial charge in [-0.1, -0.05) is 29.3 Å². The van der Waals surface area contributed by atoms with Gasteiger partial charge < -0.3 is 5.11 Å². The summed E-state index contributed by atoms with van der Waals surface area (Å²) in [5.41, 5.74) is 0.491. The third-order valence-corrected chi connectivity index (χ3v) is 9.15. The van der Waals surface area contributed by atoms with E-state index in [0.29, 0.717) is 42.5 Å². The quantitative estimate of drug-likeness (QED) is 0.648. The van der Waals surface area contributed by atoms with Crippen LogP contribution in [0.2, 0.25) is 10.0 Å². The summed E-state index contributed by atoms with van der Waals surface area (Å²) in [6.45, 7) is 7.51. The van der Waals surface area contributed by atoms with Gasteiger partial charge in [-0.3, -0.25) is 4.90 Å². The van der Waals surface area contributed by atoms with E-state index in [4.69, 9.17) is 23.2 Å². The Bertz CT molecular complexity index is 902. The summed E-state index contributed by atoms with van der Waals surface area (Å²) >= 11 is 12.5. The van der Waals surface area contributed by atoms with E-state index in [0.717, 1.165) is 12.0 Å². The maximum atomic E-state index is 12.3. The van der Waals surface area contributed by atoms with Crippen molar-refractivity contribution in [2.45, 2.75) is 64.2 Å². The van der Waals surface area contributed by atoms with Crippen molar-refractivity contribution in [2.75, 3.05) is 24.6 Å². The second-order valence-electron chi connectivity index (χ2n) is 9.56. The third kappa shape index (κ3) is 4.80. The van der Waals surface area contributed by atoms with Gasteiger partial charge in [0.25, 0.3) is 0 Å². The predicted molar refractivity (Wildman–Crippen MR) is 120 cm³/mol. The van der Waals surface area contributed by atoms with Gasteiger partial charge in [-0.25, -0.2) is 12.9 Å². The largest absolute Gasteiger partial charge is 0.514 e. The fourth-order valence-corrected chi connectivity index (χ4v) is 6.80. The first kappa shape index (κ1) is 23.8. The maximum Gasteiger partial charge on any atom is 0.514 e. The number of nitrogens with zero attached hydrogens (tertiary/aromatic N) is 2. The fourth-order valence-electron chi connectivity index (χ4n) is 4.86. The minimum absolute atomic E-state index is 0.00748. The average Bonchev–Trinajstić information content (AvgIpc) is 3.08. The Morgan fingerprint density at radius 1 is 1.17 bits per heavy atom. The first-order chi connectivity index (χ1) is 13.8. The van der Waals surface area contributed by atoms with Gasteiger partial charge in [-0.05, 0) is 51.3 Å². The second-order valence-corrected chi connectivity index (χ2v) is 12.7. The summed E-state index contributed by atoms with van der Waals surface area (Å²) in [5, 5.41) is 11.2. The van der Waals surface area contributed by atoms with Crippen LogP contribution in [0.4, 0.5) is 4.79 Å². The van der Waals surface area contributed by atoms with E-state index in [1.165, 1.54) is 0 Å². The van der Waals surface area contributed by atoms with Gasteiger partial charge in [0.2, 0.25) is 0 Å². The molecule has 0 radical (unpaired) electrons. The summed E-state index contributed by atoms with van der Waals surface area (Å²) in [4.78, 5) is 14.6. The number of carboxylic acid groups (broad SMARTS) is 1. The number of hydrogen-bond donors (Lipinski definition) is 1. The molecule has 30 heavy (non-hydrogen) atoms. The van der Waals surface area contributed by atoms with Crippen LogP contribution < -0.4 is 0 Å². The van der Waals surface area contributed by atoms with E-state index >= 15 is 0 Å². The predicted octanol–water partition coefficient (Wildman–Crippen LogP) is 4.44. The van der Waals surface area contributed by atoms with Crippen molar-refractivity contribution in [1.29, 1.82) is 0 Å². The van der Waals surface area contributed by atoms with Crippen LogP contribution in [0.3, 0.4) is 0 Å². The zero-order chi connectivity index (χ0) is 22.3. The monoisotopic (exact) mass is 477 g/mol. The first-order valence-electron chi connectivity index (χ1n) is 10.4. The highest BCUT2D eigenvalue weighted by molar-refractivity contribution is 7.91. The molecule has 2 saturated heterocycles. The van der Waals surface area contributed by atoms with Gasteiger partial charge in [-0.2, -0.15) is 4.79 Å². The summed E-state index contributed by atoms with van der Waals surface area (Å²) in [5.74, 6) is 0.348. The Labute approximate surface area is 189 Å². The highest BCUT2D eigenvalue weighted by atomic mass is 35.5. The minimum Gasteiger partial charge on any atom is -0.435 e. The van der Waals surface area contributed by atoms with E-state index in [1.54, 1.807) is 12.1 Å². The highest BCUT2D eigenvalue weighted by Gasteiger charge is 2.54. The van der Waals surface area contributed by atoms with Crippen LogP contribution in [-0.4, -0.2) is 71.2 Å². The molecule has 1 aromatic rings. The van der Waals surface area contributed by atoms with Crippen LogP contribution in [0.1, 0.15) is 45.6 Å². The number of likely N-dealkylation sites (tertiary alicyclic amines) is 1. The number of rotatable bonds is 4. The summed E-state index contributed by atoms with van der Waals surface area (Å²) in [6, 6.07) is 5.53. The number of sulfone groups is 1. The van der Waals surface area contributed by atoms with E-state index in [1.807, 2.05) is 26.8 Å². The van der Waals surface area contributed by atoms with Crippen LogP contribution in [0.5, 0.6) is 0 Å². The standard InChI is InChI=1S/C21H30Cl2N2O4S/c1-21(2,3)25(20(26)27)9-6-18(14-25)24(17-7-10-30(28,29)11-8-17)13-15-4-5-16(22)12-19(15)23/h4-5,12,17-18H,6-11,13-14H2,1-3H3/p+1/t18-,25?/m0/s1. The van der Waals surface area contributed by atoms with Gasteiger partial charge in [0.15, 0.2) is 0 Å². The molecule has 9 heteroatoms. The SMILES string of the molecule is CC(C)(C)[N+]1(C(=O)O)CC[C@H](N(Cc2ccc(Cl)cc2Cl)C2CCS(=O)(=O)CC2)C1. The first-order valence-corrected chi connectivity index (χ1v) is 12.9. The summed E-state index contributed by atoms with van der Waals surface area (Å²) < 4.78 is 24.0. The number of hydrogen-bond acceptors (Lipinski definition) is 4. The molecule has 168 valence electrons. The van der Waals surface area contributed by atoms with Crippen molar-refractivity contribution < 1.29 is 22.8 Å². The Kier molecular flexibility index (Phi) is 6.81. The lowest BCUT2D eigenvalue weighted by molar-refractivity contribution is -0.892. The Balaban J connectivity index is 1.91. The van der Waals surface area contributed by atoms with Crippen molar-refractivity contribution in [3.63, 3.8) is 0 Å². The normalized spacial score (nSPS) is 27.5. The van der Waals surface area contributed by atoms with Crippen LogP contribution in [0.25, 0.3) is 0 Å². The second kappa shape index (κ2) is 8.58. The lowest BCUT2D eigenvalue weighted by atomic mass is 10.0. The van der Waals surface area contributed by atoms with Gasteiger partial charge in [0.05, 0.1) is 24.1 Å². The summed E-state index contributed by atoms with van der Waals surface area (Å²) in [6.07, 6.45) is 1.07. The zero-order valence-corrected chi connectivity index (χ0v) is 20.1. The molecule has 1 N–H and O–H groups in total. The molecule has 1 aromatic carbocycles. The number of benzene rings is 1. The molecule has 0 spiro atoms. The van der Waals surface area contributed by atoms with Gasteiger partial charge in [0, 0.05) is 29.1 Å². The van der Waals surface area contributed by atoms with E-state index in [-0.39, 0.29) is 28.1 Å². The third-order valence-electron chi connectivity index (χ3n) is 6.85. The zero-order valence-electron chi connectivity index (χ0n) is 17.8. The van der Waals surface area contributed by atoms with Crippen molar-refractivity contribution in [1.82, 2.24) is 4.90 Å². The average molecular weight is 478 g/mol. The maximum absolute atomic E-state index is 12.3. The highest BCUT2D eigenvalue weighted by Crippen LogP contribution is 2.36. The fraction of sp³-hybridized carbons (Fsp3) is 0.667. The van der Waals surface area contributed by atoms with Gasteiger partial charge >= 0.3 is 6.09 Å². The number of quaternary nitrogens is 1. The Morgan fingerprint density at radius 2 is 1.80 bits per heavy atom. The van der Waals surface area contributed by atoms with Crippen molar-refractivity contribution in [3.8, 4) is 0 Å². The van der Waals surface area contributed by atoms with E-state index in [2.05, 4.69) is 4.90 Å². The minimum atomic E-state index is -2.99. The molecule has 0 aromatic heterocycles. The Morgan fingerprint density at radius 3 is 2.30 bits per heavy atom. The molecule has 0 bridgehead atoms. The van der Waals surface area contributed by atoms with Gasteiger partial charge in [0.1, 0.15) is 21.9 Å². The molecule has 3 rings (SSSR count). The summed E-state index contributed by atoms with van der Waals surface area (Å²) in [7, 11) is -2.99. The van der Waals surface area contributed by atoms with E-state index < -0.39 is 21.5 Å². The van der Waals surface area contributed by atoms with E-state index in [9.17, 15) is 18.3 Å². The number of halogens is 2. The number of carbonyl (C=O) groups is 1. The van der Waals surface area contributed by atoms with Gasteiger partial charge in [-0.15, -0.1) is 0 Å². The molecular weight excluding hydrogens is 447 g/mol. The molecule has 2 atom stereocenters. The molecule has 0 saturated carbocycles. The Hall–Kier alpha value is -0.860. The van der Waals surface area contributed by atoms with Crippen LogP contribution >= 0.6 is 23.2 Å². The van der Waals surface area contributed by atoms with Crippen LogP contribution in [0, 0.1) is 0 Å². The topological polar surface area (TPSA) is 74.7 Å². The lowest BCUT2D eigenvalue weighted by Gasteiger charge is -2.42. The molecule has 1 unspecified atom stereocenters. The molecular formula is C21H31Cl2N2O4S+. The van der Waals surface area contributed by atoms with Crippen molar-refractivity contribution in [3.05, 3.63) is 33.8 Å². The molecule has 1 amide bonds. The molecule has 2 fully saturated rings. The van der Waals surface area contributed by atoms with Crippen LogP contribution in [0.15, 0.2) is 18.2 Å². The van der Waals surface area contributed by atoms with Crippen LogP contribution in [-0.2, 0) is 16.4 Å². The molecule has 2 aliphatic heterocycles. The lowest BCUT2D eigenvalue weighted by Crippen LogP contribution is -2.63. The van der Waals surface area contributed by atoms with Crippen molar-refractivity contribution in [2.24, 2.45) is 0 Å².